The minimum Gasteiger partial charge on any atom is -0.307 e. The fraction of sp³-hybridized carbons (Fsp3) is 0.300. The van der Waals surface area contributed by atoms with Gasteiger partial charge in [0, 0.05) is 23.8 Å². The second-order valence-electron chi connectivity index (χ2n) is 6.54. The molecule has 1 fully saturated rings. The summed E-state index contributed by atoms with van der Waals surface area (Å²) in [6.07, 6.45) is 1.88. The van der Waals surface area contributed by atoms with Gasteiger partial charge in [-0.05, 0) is 43.5 Å². The van der Waals surface area contributed by atoms with E-state index in [4.69, 9.17) is 0 Å². The van der Waals surface area contributed by atoms with E-state index in [1.807, 2.05) is 53.4 Å². The van der Waals surface area contributed by atoms with Gasteiger partial charge in [0.1, 0.15) is 6.04 Å². The quantitative estimate of drug-likeness (QED) is 0.853. The third-order valence-corrected chi connectivity index (χ3v) is 4.98. The third kappa shape index (κ3) is 2.30. The van der Waals surface area contributed by atoms with Crippen LogP contribution in [0.2, 0.25) is 0 Å². The summed E-state index contributed by atoms with van der Waals surface area (Å²) < 4.78 is 0. The lowest BCUT2D eigenvalue weighted by molar-refractivity contribution is -0.122. The van der Waals surface area contributed by atoms with Crippen molar-refractivity contribution in [2.45, 2.75) is 38.3 Å². The molecule has 0 radical (unpaired) electrons. The van der Waals surface area contributed by atoms with Gasteiger partial charge < -0.3 is 4.90 Å². The Morgan fingerprint density at radius 3 is 2.54 bits per heavy atom. The van der Waals surface area contributed by atoms with E-state index in [1.54, 1.807) is 4.90 Å². The maximum atomic E-state index is 13.3. The number of nitrogens with zero attached hydrogens (tertiary/aromatic N) is 2. The zero-order chi connectivity index (χ0) is 16.7. The normalized spacial score (nSPS) is 22.8. The summed E-state index contributed by atoms with van der Waals surface area (Å²) in [5, 5.41) is 0. The standard InChI is InChI=1S/C20H20N2O2/c1-14-13-15-7-5-6-10-17(15)21(14)20(24)18-11-12-19(23)22(18)16-8-3-2-4-9-16/h2-10,14,18H,11-13H2,1H3. The van der Waals surface area contributed by atoms with Gasteiger partial charge in [0.05, 0.1) is 0 Å². The van der Waals surface area contributed by atoms with Crippen molar-refractivity contribution in [3.05, 3.63) is 60.2 Å². The lowest BCUT2D eigenvalue weighted by Crippen LogP contribution is -2.49. The highest BCUT2D eigenvalue weighted by Gasteiger charge is 2.42. The van der Waals surface area contributed by atoms with Crippen LogP contribution in [0, 0.1) is 0 Å². The van der Waals surface area contributed by atoms with Gasteiger partial charge in [0.15, 0.2) is 0 Å². The molecule has 2 aliphatic heterocycles. The Morgan fingerprint density at radius 2 is 1.75 bits per heavy atom. The predicted octanol–water partition coefficient (Wildman–Crippen LogP) is 3.16. The molecule has 0 N–H and O–H groups in total. The molecule has 2 aromatic rings. The number of hydrogen-bond donors (Lipinski definition) is 0. The van der Waals surface area contributed by atoms with Gasteiger partial charge in [-0.3, -0.25) is 14.5 Å². The summed E-state index contributed by atoms with van der Waals surface area (Å²) in [5.74, 6) is 0.0573. The summed E-state index contributed by atoms with van der Waals surface area (Å²) in [7, 11) is 0. The molecule has 24 heavy (non-hydrogen) atoms. The zero-order valence-corrected chi connectivity index (χ0v) is 13.7. The average Bonchev–Trinajstić information content (AvgIpc) is 3.14. The third-order valence-electron chi connectivity index (χ3n) is 4.98. The van der Waals surface area contributed by atoms with Crippen molar-refractivity contribution in [3.63, 3.8) is 0 Å². The summed E-state index contributed by atoms with van der Waals surface area (Å²) >= 11 is 0. The Kier molecular flexibility index (Phi) is 3.60. The number of anilines is 2. The van der Waals surface area contributed by atoms with E-state index in [0.29, 0.717) is 12.8 Å². The first kappa shape index (κ1) is 14.9. The Labute approximate surface area is 141 Å². The molecule has 4 heteroatoms. The van der Waals surface area contributed by atoms with Crippen LogP contribution in [0.15, 0.2) is 54.6 Å². The van der Waals surface area contributed by atoms with Crippen molar-refractivity contribution in [2.75, 3.05) is 9.80 Å². The summed E-state index contributed by atoms with van der Waals surface area (Å²) in [4.78, 5) is 29.2. The largest absolute Gasteiger partial charge is 0.307 e. The van der Waals surface area contributed by atoms with E-state index in [0.717, 1.165) is 17.8 Å². The first-order valence-corrected chi connectivity index (χ1v) is 8.45. The van der Waals surface area contributed by atoms with Crippen molar-refractivity contribution in [2.24, 2.45) is 0 Å². The molecule has 0 bridgehead atoms. The molecule has 2 aliphatic rings. The van der Waals surface area contributed by atoms with Crippen LogP contribution in [0.4, 0.5) is 11.4 Å². The molecule has 0 spiro atoms. The van der Waals surface area contributed by atoms with Gasteiger partial charge in [-0.1, -0.05) is 36.4 Å². The number of fused-ring (bicyclic) bond motifs is 1. The van der Waals surface area contributed by atoms with Crippen LogP contribution in [0.25, 0.3) is 0 Å². The van der Waals surface area contributed by atoms with Gasteiger partial charge in [-0.2, -0.15) is 0 Å². The van der Waals surface area contributed by atoms with Gasteiger partial charge in [-0.15, -0.1) is 0 Å². The van der Waals surface area contributed by atoms with E-state index in [-0.39, 0.29) is 17.9 Å². The second-order valence-corrected chi connectivity index (χ2v) is 6.54. The minimum atomic E-state index is -0.409. The Hall–Kier alpha value is -2.62. The first-order chi connectivity index (χ1) is 11.7. The Balaban J connectivity index is 1.68. The molecule has 2 aromatic carbocycles. The maximum absolute atomic E-state index is 13.3. The summed E-state index contributed by atoms with van der Waals surface area (Å²) in [5.41, 5.74) is 3.00. The van der Waals surface area contributed by atoms with E-state index in [1.165, 1.54) is 5.56 Å². The number of benzene rings is 2. The van der Waals surface area contributed by atoms with Crippen LogP contribution >= 0.6 is 0 Å². The van der Waals surface area contributed by atoms with Crippen LogP contribution in [0.3, 0.4) is 0 Å². The van der Waals surface area contributed by atoms with Gasteiger partial charge in [0.2, 0.25) is 11.8 Å². The Bertz CT molecular complexity index is 787. The van der Waals surface area contributed by atoms with Gasteiger partial charge in [0.25, 0.3) is 0 Å². The summed E-state index contributed by atoms with van der Waals surface area (Å²) in [6.45, 7) is 2.07. The molecule has 122 valence electrons. The van der Waals surface area contributed by atoms with E-state index in [2.05, 4.69) is 13.0 Å². The van der Waals surface area contributed by atoms with Crippen LogP contribution < -0.4 is 9.80 Å². The topological polar surface area (TPSA) is 40.6 Å². The number of hydrogen-bond acceptors (Lipinski definition) is 2. The highest BCUT2D eigenvalue weighted by Crippen LogP contribution is 2.35. The summed E-state index contributed by atoms with van der Waals surface area (Å²) in [6, 6.07) is 17.3. The van der Waals surface area contributed by atoms with Crippen LogP contribution in [-0.4, -0.2) is 23.9 Å². The average molecular weight is 320 g/mol. The number of rotatable bonds is 2. The molecule has 0 aromatic heterocycles. The van der Waals surface area contributed by atoms with E-state index < -0.39 is 6.04 Å². The first-order valence-electron chi connectivity index (χ1n) is 8.45. The molecule has 1 saturated heterocycles. The fourth-order valence-corrected chi connectivity index (χ4v) is 3.89. The lowest BCUT2D eigenvalue weighted by Gasteiger charge is -2.30. The highest BCUT2D eigenvalue weighted by molar-refractivity contribution is 6.09. The van der Waals surface area contributed by atoms with Crippen LogP contribution in [0.1, 0.15) is 25.3 Å². The van der Waals surface area contributed by atoms with Crippen molar-refractivity contribution < 1.29 is 9.59 Å². The van der Waals surface area contributed by atoms with E-state index in [9.17, 15) is 9.59 Å². The van der Waals surface area contributed by atoms with Crippen LogP contribution in [-0.2, 0) is 16.0 Å². The van der Waals surface area contributed by atoms with Crippen molar-refractivity contribution in [3.8, 4) is 0 Å². The molecule has 4 rings (SSSR count). The fourth-order valence-electron chi connectivity index (χ4n) is 3.89. The van der Waals surface area contributed by atoms with Gasteiger partial charge in [-0.25, -0.2) is 0 Å². The molecular weight excluding hydrogens is 300 g/mol. The molecular formula is C20H20N2O2. The Morgan fingerprint density at radius 1 is 1.04 bits per heavy atom. The predicted molar refractivity (Wildman–Crippen MR) is 94.0 cm³/mol. The molecule has 2 amide bonds. The lowest BCUT2D eigenvalue weighted by atomic mass is 10.1. The van der Waals surface area contributed by atoms with Crippen molar-refractivity contribution in [1.82, 2.24) is 0 Å². The molecule has 2 atom stereocenters. The highest BCUT2D eigenvalue weighted by atomic mass is 16.2. The number of carbonyl (C=O) groups excluding carboxylic acids is 2. The monoisotopic (exact) mass is 320 g/mol. The van der Waals surface area contributed by atoms with E-state index >= 15 is 0 Å². The molecule has 2 heterocycles. The molecule has 0 saturated carbocycles. The molecule has 4 nitrogen and oxygen atoms in total. The molecule has 2 unspecified atom stereocenters. The second kappa shape index (κ2) is 5.78. The number of para-hydroxylation sites is 2. The number of carbonyl (C=O) groups is 2. The van der Waals surface area contributed by atoms with Gasteiger partial charge >= 0.3 is 0 Å². The van der Waals surface area contributed by atoms with Crippen molar-refractivity contribution >= 4 is 23.2 Å². The maximum Gasteiger partial charge on any atom is 0.250 e. The minimum absolute atomic E-state index is 0.0275. The smallest absolute Gasteiger partial charge is 0.250 e. The molecule has 0 aliphatic carbocycles. The van der Waals surface area contributed by atoms with Crippen LogP contribution in [0.5, 0.6) is 0 Å². The number of amides is 2. The van der Waals surface area contributed by atoms with Crippen molar-refractivity contribution in [1.29, 1.82) is 0 Å². The zero-order valence-electron chi connectivity index (χ0n) is 13.7. The SMILES string of the molecule is CC1Cc2ccccc2N1C(=O)C1CCC(=O)N1c1ccccc1.